The van der Waals surface area contributed by atoms with Crippen LogP contribution in [0.25, 0.3) is 0 Å². The lowest BCUT2D eigenvalue weighted by Gasteiger charge is -2.24. The molecule has 0 radical (unpaired) electrons. The van der Waals surface area contributed by atoms with Crippen molar-refractivity contribution in [2.24, 2.45) is 11.8 Å². The number of H-pyrrole nitrogens is 1. The fraction of sp³-hybridized carbons (Fsp3) is 0.514. The number of aromatic nitrogens is 1. The third-order valence-electron chi connectivity index (χ3n) is 8.97. The number of ketones is 1. The SMILES string of the molecule is CC[C@@H]1CC[C@@H](OC(C)=O)CC(=O)C[C@@H](c2ccc(O)c(OC)c2)C#CCNC2=CC(=CCN2)[C@H](CCCO)Cc2c[nH]cc2C1. The Balaban J connectivity index is 1.66. The third kappa shape index (κ3) is 10.2. The fourth-order valence-electron chi connectivity index (χ4n) is 6.41. The number of carbonyl (C=O) groups is 2. The predicted molar refractivity (Wildman–Crippen MR) is 178 cm³/mol. The molecule has 46 heavy (non-hydrogen) atoms. The van der Waals surface area contributed by atoms with Gasteiger partial charge in [0.15, 0.2) is 11.5 Å². The van der Waals surface area contributed by atoms with E-state index in [0.717, 1.165) is 49.9 Å². The molecule has 2 aliphatic rings. The zero-order valence-corrected chi connectivity index (χ0v) is 27.4. The highest BCUT2D eigenvalue weighted by Gasteiger charge is 2.24. The number of aromatic hydroxyl groups is 1. The van der Waals surface area contributed by atoms with E-state index < -0.39 is 18.0 Å². The Bertz CT molecular complexity index is 1450. The van der Waals surface area contributed by atoms with E-state index in [-0.39, 0.29) is 36.9 Å². The molecule has 4 atom stereocenters. The van der Waals surface area contributed by atoms with E-state index in [1.807, 2.05) is 0 Å². The maximum atomic E-state index is 13.5. The van der Waals surface area contributed by atoms with Crippen LogP contribution in [-0.4, -0.2) is 59.9 Å². The van der Waals surface area contributed by atoms with E-state index in [4.69, 9.17) is 9.47 Å². The third-order valence-corrected chi connectivity index (χ3v) is 8.97. The van der Waals surface area contributed by atoms with Gasteiger partial charge in [-0.05, 0) is 90.8 Å². The van der Waals surface area contributed by atoms with E-state index in [1.165, 1.54) is 30.7 Å². The number of methoxy groups -OCH3 is 1. The Morgan fingerprint density at radius 3 is 2.63 bits per heavy atom. The molecule has 2 aliphatic heterocycles. The minimum atomic E-state index is -0.507. The molecule has 0 fully saturated rings. The fourth-order valence-corrected chi connectivity index (χ4v) is 6.41. The highest BCUT2D eigenvalue weighted by atomic mass is 16.5. The van der Waals surface area contributed by atoms with E-state index in [9.17, 15) is 19.8 Å². The van der Waals surface area contributed by atoms with Crippen LogP contribution in [0.5, 0.6) is 11.5 Å². The van der Waals surface area contributed by atoms with Gasteiger partial charge in [0.05, 0.1) is 25.4 Å². The molecule has 0 amide bonds. The first kappa shape index (κ1) is 34.7. The second-order valence-corrected chi connectivity index (χ2v) is 12.3. The summed E-state index contributed by atoms with van der Waals surface area (Å²) in [5.74, 6) is 7.44. The molecule has 1 aromatic heterocycles. The van der Waals surface area contributed by atoms with Gasteiger partial charge >= 0.3 is 5.97 Å². The van der Waals surface area contributed by atoms with E-state index in [0.29, 0.717) is 31.2 Å². The number of fused-ring (bicyclic) bond motifs is 2. The molecular weight excluding hydrogens is 582 g/mol. The normalized spacial score (nSPS) is 22.8. The average Bonchev–Trinajstić information content (AvgIpc) is 3.48. The first-order valence-electron chi connectivity index (χ1n) is 16.5. The lowest BCUT2D eigenvalue weighted by Crippen LogP contribution is -2.30. The molecule has 4 rings (SSSR count). The van der Waals surface area contributed by atoms with Gasteiger partial charge in [-0.1, -0.05) is 37.3 Å². The Hall–Kier alpha value is -4.16. The van der Waals surface area contributed by atoms with Gasteiger partial charge in [-0.2, -0.15) is 0 Å². The number of nitrogens with one attached hydrogen (secondary N) is 3. The van der Waals surface area contributed by atoms with Crippen LogP contribution in [-0.2, 0) is 27.2 Å². The lowest BCUT2D eigenvalue weighted by molar-refractivity contribution is -0.148. The second-order valence-electron chi connectivity index (χ2n) is 12.3. The zero-order valence-electron chi connectivity index (χ0n) is 27.4. The van der Waals surface area contributed by atoms with Crippen LogP contribution in [0.2, 0.25) is 0 Å². The molecule has 0 aliphatic carbocycles. The Morgan fingerprint density at radius 2 is 1.89 bits per heavy atom. The quantitative estimate of drug-likeness (QED) is 0.212. The molecule has 9 nitrogen and oxygen atoms in total. The van der Waals surface area contributed by atoms with Crippen molar-refractivity contribution >= 4 is 11.8 Å². The molecule has 0 saturated carbocycles. The smallest absolute Gasteiger partial charge is 0.302 e. The first-order valence-corrected chi connectivity index (χ1v) is 16.5. The van der Waals surface area contributed by atoms with Crippen LogP contribution >= 0.6 is 0 Å². The number of phenols is 1. The molecule has 0 saturated heterocycles. The Labute approximate surface area is 272 Å². The second kappa shape index (κ2) is 17.5. The summed E-state index contributed by atoms with van der Waals surface area (Å²) in [6.45, 7) is 4.79. The number of aliphatic hydroxyl groups excluding tert-OH is 1. The van der Waals surface area contributed by atoms with Crippen LogP contribution < -0.4 is 15.4 Å². The number of phenolic OH excluding ortho intramolecular Hbond substituents is 1. The maximum absolute atomic E-state index is 13.5. The number of Topliss-reactive ketones (excluding diaryl/α,β-unsaturated/α-hetero) is 1. The number of aliphatic hydroxyl groups is 1. The molecule has 9 heteroatoms. The topological polar surface area (TPSA) is 133 Å². The summed E-state index contributed by atoms with van der Waals surface area (Å²) < 4.78 is 11.0. The number of esters is 1. The van der Waals surface area contributed by atoms with Crippen LogP contribution in [0.3, 0.4) is 0 Å². The Kier molecular flexibility index (Phi) is 13.2. The number of rotatable bonds is 7. The number of benzene rings is 1. The van der Waals surface area contributed by atoms with Crippen LogP contribution in [0.15, 0.2) is 54.1 Å². The zero-order chi connectivity index (χ0) is 32.9. The van der Waals surface area contributed by atoms with Gasteiger partial charge in [0.2, 0.25) is 0 Å². The molecule has 5 N–H and O–H groups in total. The van der Waals surface area contributed by atoms with Gasteiger partial charge in [-0.25, -0.2) is 0 Å². The monoisotopic (exact) mass is 631 g/mol. The highest BCUT2D eigenvalue weighted by Crippen LogP contribution is 2.32. The number of dihydropyridines is 1. The van der Waals surface area contributed by atoms with Crippen LogP contribution in [0, 0.1) is 23.7 Å². The lowest BCUT2D eigenvalue weighted by atomic mass is 9.84. The largest absolute Gasteiger partial charge is 0.504 e. The van der Waals surface area contributed by atoms with E-state index in [1.54, 1.807) is 18.2 Å². The van der Waals surface area contributed by atoms with Gasteiger partial charge in [0.1, 0.15) is 11.9 Å². The van der Waals surface area contributed by atoms with Gasteiger partial charge < -0.3 is 35.3 Å². The minimum Gasteiger partial charge on any atom is -0.504 e. The van der Waals surface area contributed by atoms with Crippen molar-refractivity contribution in [1.29, 1.82) is 0 Å². The van der Waals surface area contributed by atoms with Gasteiger partial charge in [0.25, 0.3) is 0 Å². The van der Waals surface area contributed by atoms with Crippen LogP contribution in [0.1, 0.15) is 81.4 Å². The molecule has 2 aromatic rings. The number of hydrogen-bond donors (Lipinski definition) is 5. The van der Waals surface area contributed by atoms with Gasteiger partial charge in [-0.3, -0.25) is 9.59 Å². The van der Waals surface area contributed by atoms with Crippen molar-refractivity contribution in [3.05, 3.63) is 70.8 Å². The summed E-state index contributed by atoms with van der Waals surface area (Å²) in [6, 6.07) is 5.03. The number of ether oxygens (including phenoxy) is 2. The molecule has 0 spiro atoms. The molecular formula is C37H49N3O6. The summed E-state index contributed by atoms with van der Waals surface area (Å²) >= 11 is 0. The van der Waals surface area contributed by atoms with Gasteiger partial charge in [0, 0.05) is 45.3 Å². The minimum absolute atomic E-state index is 0.0164. The van der Waals surface area contributed by atoms with Crippen molar-refractivity contribution in [3.8, 4) is 23.3 Å². The summed E-state index contributed by atoms with van der Waals surface area (Å²) in [6.07, 6.45) is 14.1. The molecule has 0 unspecified atom stereocenters. The van der Waals surface area contributed by atoms with Crippen molar-refractivity contribution in [2.75, 3.05) is 26.8 Å². The molecule has 3 heterocycles. The summed E-state index contributed by atoms with van der Waals surface area (Å²) in [5, 5.41) is 26.6. The number of aromatic amines is 1. The summed E-state index contributed by atoms with van der Waals surface area (Å²) in [4.78, 5) is 28.8. The number of allylic oxidation sites excluding steroid dienone is 2. The van der Waals surface area contributed by atoms with Crippen molar-refractivity contribution in [2.45, 2.75) is 83.7 Å². The van der Waals surface area contributed by atoms with E-state index in [2.05, 4.69) is 58.9 Å². The van der Waals surface area contributed by atoms with Crippen molar-refractivity contribution < 1.29 is 29.3 Å². The van der Waals surface area contributed by atoms with Crippen LogP contribution in [0.4, 0.5) is 0 Å². The number of carbonyl (C=O) groups excluding carboxylic acids is 2. The van der Waals surface area contributed by atoms with Crippen molar-refractivity contribution in [3.63, 3.8) is 0 Å². The maximum Gasteiger partial charge on any atom is 0.302 e. The summed E-state index contributed by atoms with van der Waals surface area (Å²) in [5.41, 5.74) is 4.57. The van der Waals surface area contributed by atoms with E-state index >= 15 is 0 Å². The predicted octanol–water partition coefficient (Wildman–Crippen LogP) is 5.05. The number of hydrogen-bond acceptors (Lipinski definition) is 8. The van der Waals surface area contributed by atoms with Crippen molar-refractivity contribution in [1.82, 2.24) is 15.6 Å². The molecule has 248 valence electrons. The standard InChI is InChI=1S/C37H49N3O6/c1-4-26-9-11-34(46-25(2)42)22-33(43)19-28(29-10-12-35(44)36(20-29)45-3)7-5-14-39-37-21-30(13-15-40-37)27(8-6-16-41)18-32-24-38-23-31(32)17-26/h10,12-13,20-21,23-24,26-28,34,38-41,44H,4,6,8-9,11,14-19,22H2,1-3H3/t26-,27-,28+,34-/m1/s1. The average molecular weight is 632 g/mol. The highest BCUT2D eigenvalue weighted by molar-refractivity contribution is 5.80. The first-order chi connectivity index (χ1) is 22.3. The molecule has 1 aromatic carbocycles. The molecule has 2 bridgehead atoms. The Morgan fingerprint density at radius 1 is 1.09 bits per heavy atom. The van der Waals surface area contributed by atoms with Gasteiger partial charge in [-0.15, -0.1) is 0 Å². The summed E-state index contributed by atoms with van der Waals surface area (Å²) in [7, 11) is 1.49.